The van der Waals surface area contributed by atoms with E-state index in [1.807, 2.05) is 0 Å². The normalized spacial score (nSPS) is 18.8. The van der Waals surface area contributed by atoms with Gasteiger partial charge in [0.05, 0.1) is 11.2 Å². The van der Waals surface area contributed by atoms with Crippen LogP contribution in [0.1, 0.15) is 23.7 Å². The predicted molar refractivity (Wildman–Crippen MR) is 68.4 cm³/mol. The Labute approximate surface area is 95.8 Å². The smallest absolute Gasteiger partial charge is 0.0712 e. The number of hydrogen-bond acceptors (Lipinski definition) is 1. The Morgan fingerprint density at radius 3 is 2.94 bits per heavy atom. The summed E-state index contributed by atoms with van der Waals surface area (Å²) in [5, 5.41) is 1.30. The molecule has 0 saturated carbocycles. The van der Waals surface area contributed by atoms with E-state index in [-0.39, 0.29) is 0 Å². The number of rotatable bonds is 0. The molecule has 1 aromatic heterocycles. The van der Waals surface area contributed by atoms with E-state index in [1.165, 1.54) is 16.5 Å². The molecule has 1 unspecified atom stereocenters. The van der Waals surface area contributed by atoms with Crippen LogP contribution in [0.5, 0.6) is 0 Å². The van der Waals surface area contributed by atoms with Crippen molar-refractivity contribution in [2.75, 3.05) is 0 Å². The Hall–Kier alpha value is -1.63. The number of para-hydroxylation sites is 1. The maximum Gasteiger partial charge on any atom is 0.0712 e. The van der Waals surface area contributed by atoms with E-state index in [1.54, 1.807) is 0 Å². The molecule has 0 fully saturated rings. The van der Waals surface area contributed by atoms with Gasteiger partial charge in [-0.3, -0.25) is 0 Å². The number of hydrogen-bond donors (Lipinski definition) is 0. The van der Waals surface area contributed by atoms with Crippen molar-refractivity contribution in [3.05, 3.63) is 47.2 Å². The minimum absolute atomic E-state index is 0.633. The fourth-order valence-corrected chi connectivity index (χ4v) is 2.48. The van der Waals surface area contributed by atoms with Crippen LogP contribution in [0.25, 0.3) is 17.0 Å². The zero-order valence-corrected chi connectivity index (χ0v) is 9.70. The third-order valence-electron chi connectivity index (χ3n) is 3.42. The van der Waals surface area contributed by atoms with Gasteiger partial charge in [-0.1, -0.05) is 31.2 Å². The van der Waals surface area contributed by atoms with E-state index < -0.39 is 0 Å². The molecular formula is C15H15N. The highest BCUT2D eigenvalue weighted by Gasteiger charge is 2.15. The molecule has 1 heterocycles. The van der Waals surface area contributed by atoms with Crippen molar-refractivity contribution >= 4 is 17.0 Å². The second kappa shape index (κ2) is 3.44. The number of aromatic nitrogens is 1. The summed E-state index contributed by atoms with van der Waals surface area (Å²) >= 11 is 0. The molecule has 0 N–H and O–H groups in total. The van der Waals surface area contributed by atoms with Gasteiger partial charge in [0.1, 0.15) is 0 Å². The fourth-order valence-electron chi connectivity index (χ4n) is 2.48. The van der Waals surface area contributed by atoms with Gasteiger partial charge in [0.25, 0.3) is 0 Å². The third-order valence-corrected chi connectivity index (χ3v) is 3.42. The Morgan fingerprint density at radius 2 is 2.06 bits per heavy atom. The van der Waals surface area contributed by atoms with Gasteiger partial charge < -0.3 is 0 Å². The number of aryl methyl sites for hydroxylation is 1. The average Bonchev–Trinajstić information content (AvgIpc) is 2.31. The molecule has 1 heteroatoms. The molecule has 1 aliphatic rings. The molecule has 0 radical (unpaired) electrons. The molecule has 2 aromatic rings. The summed E-state index contributed by atoms with van der Waals surface area (Å²) in [6.45, 7) is 4.47. The van der Waals surface area contributed by atoms with Gasteiger partial charge in [-0.05, 0) is 42.5 Å². The Kier molecular flexibility index (Phi) is 2.06. The van der Waals surface area contributed by atoms with E-state index in [4.69, 9.17) is 4.98 Å². The van der Waals surface area contributed by atoms with E-state index in [2.05, 4.69) is 50.3 Å². The lowest BCUT2D eigenvalue weighted by Gasteiger charge is -2.18. The molecular weight excluding hydrogens is 194 g/mol. The quantitative estimate of drug-likeness (QED) is 0.644. The third kappa shape index (κ3) is 1.35. The van der Waals surface area contributed by atoms with Gasteiger partial charge >= 0.3 is 0 Å². The van der Waals surface area contributed by atoms with Crippen LogP contribution in [0.4, 0.5) is 0 Å². The summed E-state index contributed by atoms with van der Waals surface area (Å²) in [5.74, 6) is 0.633. The highest BCUT2D eigenvalue weighted by atomic mass is 14.7. The van der Waals surface area contributed by atoms with E-state index in [0.717, 1.165) is 17.6 Å². The van der Waals surface area contributed by atoms with Gasteiger partial charge in [-0.15, -0.1) is 0 Å². The van der Waals surface area contributed by atoms with E-state index >= 15 is 0 Å². The predicted octanol–water partition coefficient (Wildman–Crippen LogP) is 3.75. The molecule has 0 spiro atoms. The molecule has 1 aromatic carbocycles. The van der Waals surface area contributed by atoms with E-state index in [0.29, 0.717) is 5.92 Å². The number of fused-ring (bicyclic) bond motifs is 2. The minimum Gasteiger partial charge on any atom is -0.248 e. The SMILES string of the molecule is Cc1c2c(nc3ccccc13)C=CC(C)C2. The molecule has 0 bridgehead atoms. The van der Waals surface area contributed by atoms with Gasteiger partial charge in [-0.25, -0.2) is 4.98 Å². The first-order valence-electron chi connectivity index (χ1n) is 5.82. The molecule has 0 saturated heterocycles. The minimum atomic E-state index is 0.633. The summed E-state index contributed by atoms with van der Waals surface area (Å²) in [7, 11) is 0. The molecule has 1 aliphatic carbocycles. The van der Waals surface area contributed by atoms with Gasteiger partial charge in [-0.2, -0.15) is 0 Å². The Bertz CT molecular complexity index is 581. The van der Waals surface area contributed by atoms with Crippen molar-refractivity contribution in [2.45, 2.75) is 20.3 Å². The maximum atomic E-state index is 4.72. The Balaban J connectivity index is 2.35. The standard InChI is InChI=1S/C15H15N/c1-10-7-8-15-13(9-10)11(2)12-5-3-4-6-14(12)16-15/h3-8,10H,9H2,1-2H3. The monoisotopic (exact) mass is 209 g/mol. The summed E-state index contributed by atoms with van der Waals surface area (Å²) in [6.07, 6.45) is 5.54. The van der Waals surface area contributed by atoms with Crippen LogP contribution in [0.15, 0.2) is 30.3 Å². The summed E-state index contributed by atoms with van der Waals surface area (Å²) in [5.41, 5.74) is 5.10. The van der Waals surface area contributed by atoms with Crippen molar-refractivity contribution in [3.63, 3.8) is 0 Å². The molecule has 80 valence electrons. The van der Waals surface area contributed by atoms with Crippen molar-refractivity contribution < 1.29 is 0 Å². The van der Waals surface area contributed by atoms with Crippen molar-refractivity contribution in [1.82, 2.24) is 4.98 Å². The Morgan fingerprint density at radius 1 is 1.25 bits per heavy atom. The van der Waals surface area contributed by atoms with Gasteiger partial charge in [0, 0.05) is 5.39 Å². The second-order valence-corrected chi connectivity index (χ2v) is 4.66. The number of nitrogens with zero attached hydrogens (tertiary/aromatic N) is 1. The van der Waals surface area contributed by atoms with Gasteiger partial charge in [0.15, 0.2) is 0 Å². The van der Waals surface area contributed by atoms with Gasteiger partial charge in [0.2, 0.25) is 0 Å². The largest absolute Gasteiger partial charge is 0.248 e. The first-order valence-corrected chi connectivity index (χ1v) is 5.82. The topological polar surface area (TPSA) is 12.9 Å². The second-order valence-electron chi connectivity index (χ2n) is 4.66. The van der Waals surface area contributed by atoms with Crippen LogP contribution in [0.2, 0.25) is 0 Å². The van der Waals surface area contributed by atoms with Crippen LogP contribution >= 0.6 is 0 Å². The van der Waals surface area contributed by atoms with Crippen LogP contribution < -0.4 is 0 Å². The van der Waals surface area contributed by atoms with Crippen molar-refractivity contribution in [1.29, 1.82) is 0 Å². The lowest BCUT2D eigenvalue weighted by Crippen LogP contribution is -2.07. The molecule has 16 heavy (non-hydrogen) atoms. The molecule has 0 amide bonds. The van der Waals surface area contributed by atoms with Crippen LogP contribution in [0.3, 0.4) is 0 Å². The lowest BCUT2D eigenvalue weighted by molar-refractivity contribution is 0.711. The highest BCUT2D eigenvalue weighted by Crippen LogP contribution is 2.29. The first kappa shape index (κ1) is 9.59. The number of pyridine rings is 1. The average molecular weight is 209 g/mol. The number of benzene rings is 1. The van der Waals surface area contributed by atoms with Crippen molar-refractivity contribution in [3.8, 4) is 0 Å². The van der Waals surface area contributed by atoms with Crippen LogP contribution in [0, 0.1) is 12.8 Å². The maximum absolute atomic E-state index is 4.72. The highest BCUT2D eigenvalue weighted by molar-refractivity contribution is 5.85. The zero-order chi connectivity index (χ0) is 11.1. The molecule has 1 atom stereocenters. The zero-order valence-electron chi connectivity index (χ0n) is 9.70. The molecule has 0 aliphatic heterocycles. The van der Waals surface area contributed by atoms with Crippen molar-refractivity contribution in [2.24, 2.45) is 5.92 Å². The summed E-state index contributed by atoms with van der Waals surface area (Å²) < 4.78 is 0. The van der Waals surface area contributed by atoms with E-state index in [9.17, 15) is 0 Å². The van der Waals surface area contributed by atoms with Crippen LogP contribution in [-0.2, 0) is 6.42 Å². The first-order chi connectivity index (χ1) is 7.75. The van der Waals surface area contributed by atoms with Crippen LogP contribution in [-0.4, -0.2) is 4.98 Å². The lowest BCUT2D eigenvalue weighted by atomic mass is 9.89. The fraction of sp³-hybridized carbons (Fsp3) is 0.267. The molecule has 3 rings (SSSR count). The summed E-state index contributed by atoms with van der Waals surface area (Å²) in [4.78, 5) is 4.72. The molecule has 1 nitrogen and oxygen atoms in total. The number of allylic oxidation sites excluding steroid dienone is 1. The summed E-state index contributed by atoms with van der Waals surface area (Å²) in [6, 6.07) is 8.40.